The third-order valence-corrected chi connectivity index (χ3v) is 10.6. The molecule has 0 unspecified atom stereocenters. The van der Waals surface area contributed by atoms with Crippen LogP contribution in [0.5, 0.6) is 0 Å². The maximum absolute atomic E-state index is 13.7. The summed E-state index contributed by atoms with van der Waals surface area (Å²) in [5.74, 6) is -0.558. The Morgan fingerprint density at radius 1 is 0.947 bits per heavy atom. The van der Waals surface area contributed by atoms with E-state index < -0.39 is 16.8 Å². The Hall–Kier alpha value is -1.20. The van der Waals surface area contributed by atoms with Crippen LogP contribution in [0.25, 0.3) is 0 Å². The summed E-state index contributed by atoms with van der Waals surface area (Å²) in [7, 11) is 0. The van der Waals surface area contributed by atoms with Crippen molar-refractivity contribution in [3.05, 3.63) is 12.2 Å². The molecule has 5 nitrogen and oxygen atoms in total. The van der Waals surface area contributed by atoms with Gasteiger partial charge in [0, 0.05) is 17.8 Å². The van der Waals surface area contributed by atoms with E-state index >= 15 is 0 Å². The molecule has 0 aromatic carbocycles. The molecule has 4 aliphatic rings. The number of epoxide rings is 1. The summed E-state index contributed by atoms with van der Waals surface area (Å²) in [5, 5.41) is 11.6. The van der Waals surface area contributed by atoms with Gasteiger partial charge in [-0.3, -0.25) is 9.59 Å². The van der Waals surface area contributed by atoms with Gasteiger partial charge in [0.25, 0.3) is 0 Å². The lowest BCUT2D eigenvalue weighted by atomic mass is 9.43. The third-order valence-electron chi connectivity index (χ3n) is 10.6. The van der Waals surface area contributed by atoms with Gasteiger partial charge in [-0.15, -0.1) is 0 Å². The second kappa shape index (κ2) is 11.7. The minimum absolute atomic E-state index is 0.0409. The van der Waals surface area contributed by atoms with Gasteiger partial charge in [0.1, 0.15) is 17.8 Å². The zero-order valence-corrected chi connectivity index (χ0v) is 24.7. The molecule has 0 amide bonds. The van der Waals surface area contributed by atoms with Crippen molar-refractivity contribution >= 4 is 11.8 Å². The number of esters is 1. The average Bonchev–Trinajstić information content (AvgIpc) is 3.52. The fourth-order valence-corrected chi connectivity index (χ4v) is 8.33. The number of carbonyl (C=O) groups excluding carboxylic acids is 2. The monoisotopic (exact) mass is 530 g/mol. The van der Waals surface area contributed by atoms with E-state index in [1.54, 1.807) is 0 Å². The van der Waals surface area contributed by atoms with E-state index in [9.17, 15) is 14.7 Å². The number of allylic oxidation sites excluding steroid dienone is 2. The second-order valence-corrected chi connectivity index (χ2v) is 14.0. The topological polar surface area (TPSA) is 76.1 Å². The van der Waals surface area contributed by atoms with Crippen LogP contribution in [0.4, 0.5) is 0 Å². The van der Waals surface area contributed by atoms with Crippen LogP contribution in [0.3, 0.4) is 0 Å². The summed E-state index contributed by atoms with van der Waals surface area (Å²) >= 11 is 0. The van der Waals surface area contributed by atoms with Crippen LogP contribution in [-0.2, 0) is 19.1 Å². The van der Waals surface area contributed by atoms with Crippen LogP contribution in [-0.4, -0.2) is 40.3 Å². The van der Waals surface area contributed by atoms with Crippen molar-refractivity contribution in [1.29, 1.82) is 0 Å². The molecule has 5 atom stereocenters. The van der Waals surface area contributed by atoms with Gasteiger partial charge in [-0.2, -0.15) is 0 Å². The van der Waals surface area contributed by atoms with E-state index in [0.29, 0.717) is 12.8 Å². The summed E-state index contributed by atoms with van der Waals surface area (Å²) in [4.78, 5) is 26.2. The number of rotatable bonds is 17. The summed E-state index contributed by atoms with van der Waals surface area (Å²) in [6, 6.07) is 0. The molecule has 1 N–H and O–H groups in total. The van der Waals surface area contributed by atoms with Crippen molar-refractivity contribution in [3.8, 4) is 0 Å². The average molecular weight is 531 g/mol. The molecule has 1 aliphatic heterocycles. The van der Waals surface area contributed by atoms with Crippen molar-refractivity contribution in [3.63, 3.8) is 0 Å². The van der Waals surface area contributed by atoms with E-state index in [4.69, 9.17) is 9.47 Å². The predicted octanol–water partition coefficient (Wildman–Crippen LogP) is 7.63. The third kappa shape index (κ3) is 5.40. The first-order valence-electron chi connectivity index (χ1n) is 15.9. The molecule has 216 valence electrons. The fraction of sp³-hybridized carbons (Fsp3) is 0.879. The van der Waals surface area contributed by atoms with Gasteiger partial charge in [-0.25, -0.2) is 0 Å². The zero-order chi connectivity index (χ0) is 27.5. The Balaban J connectivity index is 1.09. The van der Waals surface area contributed by atoms with Gasteiger partial charge in [-0.1, -0.05) is 91.2 Å². The molecule has 0 bridgehead atoms. The van der Waals surface area contributed by atoms with Crippen molar-refractivity contribution < 1.29 is 24.2 Å². The summed E-state index contributed by atoms with van der Waals surface area (Å²) in [6.45, 7) is 8.67. The summed E-state index contributed by atoms with van der Waals surface area (Å²) in [5.41, 5.74) is -3.34. The Labute approximate surface area is 231 Å². The Morgan fingerprint density at radius 3 is 2.16 bits per heavy atom. The number of unbranched alkanes of at least 4 members (excludes halogenated alkanes) is 11. The Bertz CT molecular complexity index is 879. The largest absolute Gasteiger partial charge is 0.462 e. The number of ketones is 1. The SMILES string of the molecule is CCCCCCCC/C=C/CCCCCCCC(=O)OC[C@]12O[C@]13CC[C@]3(C)[C@H]1CC(C)(C)C[C@@]1(O)C2=O. The smallest absolute Gasteiger partial charge is 0.305 e. The van der Waals surface area contributed by atoms with Crippen LogP contribution in [0.1, 0.15) is 143 Å². The number of ether oxygens (including phenoxy) is 2. The minimum atomic E-state index is -1.37. The van der Waals surface area contributed by atoms with Gasteiger partial charge in [0.2, 0.25) is 5.78 Å². The van der Waals surface area contributed by atoms with E-state index in [1.165, 1.54) is 57.8 Å². The standard InChI is InChI=1S/C33H54O5/c1-5-6-7-8-9-10-11-12-13-14-15-16-17-18-19-20-27(34)37-25-32-28(35)31(36)24-29(2,3)23-26(31)30(4)21-22-33(30,32)38-32/h12-13,26,36H,5-11,14-25H2,1-4H3/b13-12+/t26-,30-,31+,32-,33+/m1/s1. The van der Waals surface area contributed by atoms with Gasteiger partial charge >= 0.3 is 5.97 Å². The quantitative estimate of drug-likeness (QED) is 0.0905. The molecule has 0 aromatic rings. The number of Topliss-reactive ketones (excluding diaryl/α,β-unsaturated/α-hetero) is 1. The van der Waals surface area contributed by atoms with Gasteiger partial charge < -0.3 is 14.6 Å². The molecule has 3 saturated carbocycles. The van der Waals surface area contributed by atoms with Gasteiger partial charge in [0.05, 0.1) is 0 Å². The minimum Gasteiger partial charge on any atom is -0.462 e. The van der Waals surface area contributed by atoms with Crippen LogP contribution in [0.2, 0.25) is 0 Å². The van der Waals surface area contributed by atoms with E-state index in [0.717, 1.165) is 44.9 Å². The molecule has 4 fully saturated rings. The normalized spacial score (nSPS) is 36.4. The Morgan fingerprint density at radius 2 is 1.55 bits per heavy atom. The molecule has 5 heteroatoms. The number of carbonyl (C=O) groups is 2. The summed E-state index contributed by atoms with van der Waals surface area (Å²) < 4.78 is 11.9. The fourth-order valence-electron chi connectivity index (χ4n) is 8.33. The Kier molecular flexibility index (Phi) is 9.19. The lowest BCUT2D eigenvalue weighted by Crippen LogP contribution is -2.70. The van der Waals surface area contributed by atoms with Crippen LogP contribution < -0.4 is 0 Å². The number of fused-ring (bicyclic) bond motifs is 2. The highest BCUT2D eigenvalue weighted by molar-refractivity contribution is 6.01. The molecular weight excluding hydrogens is 476 g/mol. The molecule has 1 heterocycles. The first kappa shape index (κ1) is 29.8. The molecule has 1 spiro atoms. The molecular formula is C33H54O5. The van der Waals surface area contributed by atoms with E-state index in [-0.39, 0.29) is 35.1 Å². The van der Waals surface area contributed by atoms with E-state index in [1.807, 2.05) is 0 Å². The maximum atomic E-state index is 13.7. The molecule has 0 radical (unpaired) electrons. The van der Waals surface area contributed by atoms with Crippen LogP contribution >= 0.6 is 0 Å². The maximum Gasteiger partial charge on any atom is 0.305 e. The van der Waals surface area contributed by atoms with Gasteiger partial charge in [-0.05, 0) is 63.2 Å². The lowest BCUT2D eigenvalue weighted by Gasteiger charge is -2.57. The van der Waals surface area contributed by atoms with Crippen molar-refractivity contribution in [2.45, 2.75) is 160 Å². The first-order chi connectivity index (χ1) is 18.1. The van der Waals surface area contributed by atoms with Crippen molar-refractivity contribution in [2.75, 3.05) is 6.61 Å². The predicted molar refractivity (Wildman–Crippen MR) is 151 cm³/mol. The number of aliphatic hydroxyl groups is 1. The molecule has 3 aliphatic carbocycles. The second-order valence-electron chi connectivity index (χ2n) is 14.0. The zero-order valence-electron chi connectivity index (χ0n) is 24.7. The van der Waals surface area contributed by atoms with Crippen LogP contribution in [0, 0.1) is 16.7 Å². The van der Waals surface area contributed by atoms with Crippen molar-refractivity contribution in [1.82, 2.24) is 0 Å². The molecule has 1 saturated heterocycles. The highest BCUT2D eigenvalue weighted by Gasteiger charge is 2.93. The van der Waals surface area contributed by atoms with Crippen molar-refractivity contribution in [2.24, 2.45) is 16.7 Å². The highest BCUT2D eigenvalue weighted by Crippen LogP contribution is 2.80. The van der Waals surface area contributed by atoms with E-state index in [2.05, 4.69) is 39.8 Å². The number of hydrogen-bond acceptors (Lipinski definition) is 5. The molecule has 4 rings (SSSR count). The van der Waals surface area contributed by atoms with Crippen LogP contribution in [0.15, 0.2) is 12.2 Å². The molecule has 0 aromatic heterocycles. The first-order valence-corrected chi connectivity index (χ1v) is 15.9. The lowest BCUT2D eigenvalue weighted by molar-refractivity contribution is -0.176. The molecule has 38 heavy (non-hydrogen) atoms. The highest BCUT2D eigenvalue weighted by atomic mass is 16.7. The number of hydrogen-bond donors (Lipinski definition) is 1. The van der Waals surface area contributed by atoms with Gasteiger partial charge in [0.15, 0.2) is 5.60 Å². The summed E-state index contributed by atoms with van der Waals surface area (Å²) in [6.07, 6.45) is 24.0.